The van der Waals surface area contributed by atoms with Crippen LogP contribution in [0.5, 0.6) is 0 Å². The van der Waals surface area contributed by atoms with Crippen molar-refractivity contribution in [3.05, 3.63) is 29.0 Å². The molecule has 0 N–H and O–H groups in total. The van der Waals surface area contributed by atoms with E-state index in [1.54, 1.807) is 17.2 Å². The smallest absolute Gasteiger partial charge is 0.255 e. The summed E-state index contributed by atoms with van der Waals surface area (Å²) in [4.78, 5) is 17.9. The van der Waals surface area contributed by atoms with Crippen LogP contribution < -0.4 is 0 Å². The second-order valence-corrected chi connectivity index (χ2v) is 5.10. The summed E-state index contributed by atoms with van der Waals surface area (Å²) >= 11 is 5.97. The lowest BCUT2D eigenvalue weighted by Crippen LogP contribution is -2.50. The Bertz CT molecular complexity index is 434. The van der Waals surface area contributed by atoms with Crippen LogP contribution in [0.15, 0.2) is 18.5 Å². The van der Waals surface area contributed by atoms with Crippen molar-refractivity contribution in [2.24, 2.45) is 0 Å². The van der Waals surface area contributed by atoms with Crippen LogP contribution in [0.2, 0.25) is 5.02 Å². The van der Waals surface area contributed by atoms with Gasteiger partial charge in [-0.15, -0.1) is 0 Å². The fraction of sp³-hybridized carbons (Fsp3) is 0.500. The molecular weight excluding hydrogens is 240 g/mol. The fourth-order valence-electron chi connectivity index (χ4n) is 1.91. The Hall–Kier alpha value is -1.13. The molecule has 0 saturated carbocycles. The number of morpholine rings is 1. The van der Waals surface area contributed by atoms with Gasteiger partial charge in [-0.2, -0.15) is 0 Å². The molecular formula is C12H15ClN2O2. The van der Waals surface area contributed by atoms with Crippen LogP contribution >= 0.6 is 11.6 Å². The highest BCUT2D eigenvalue weighted by atomic mass is 35.5. The molecule has 4 nitrogen and oxygen atoms in total. The lowest BCUT2D eigenvalue weighted by Gasteiger charge is -2.38. The number of carbonyl (C=O) groups is 1. The lowest BCUT2D eigenvalue weighted by atomic mass is 10.1. The molecule has 1 saturated heterocycles. The van der Waals surface area contributed by atoms with Crippen LogP contribution in [0.1, 0.15) is 24.2 Å². The zero-order valence-electron chi connectivity index (χ0n) is 9.94. The number of ether oxygens (including phenoxy) is 1. The summed E-state index contributed by atoms with van der Waals surface area (Å²) in [5.41, 5.74) is 0.201. The molecule has 17 heavy (non-hydrogen) atoms. The highest BCUT2D eigenvalue weighted by Crippen LogP contribution is 2.21. The predicted octanol–water partition coefficient (Wildman–Crippen LogP) is 1.99. The largest absolute Gasteiger partial charge is 0.372 e. The first-order chi connectivity index (χ1) is 7.99. The minimum atomic E-state index is -0.298. The number of amides is 1. The van der Waals surface area contributed by atoms with Crippen molar-refractivity contribution in [1.82, 2.24) is 9.88 Å². The van der Waals surface area contributed by atoms with E-state index in [0.717, 1.165) is 0 Å². The Morgan fingerprint density at radius 1 is 1.59 bits per heavy atom. The third-order valence-corrected chi connectivity index (χ3v) is 3.02. The van der Waals surface area contributed by atoms with E-state index in [2.05, 4.69) is 4.98 Å². The summed E-state index contributed by atoms with van der Waals surface area (Å²) in [6.07, 6.45) is 3.06. The van der Waals surface area contributed by atoms with Gasteiger partial charge in [-0.05, 0) is 19.9 Å². The van der Waals surface area contributed by atoms with Crippen LogP contribution in [0.25, 0.3) is 0 Å². The van der Waals surface area contributed by atoms with Crippen LogP contribution in [0.4, 0.5) is 0 Å². The number of nitrogens with zero attached hydrogens (tertiary/aromatic N) is 2. The Labute approximate surface area is 106 Å². The van der Waals surface area contributed by atoms with Gasteiger partial charge in [-0.3, -0.25) is 9.78 Å². The number of pyridine rings is 1. The maximum Gasteiger partial charge on any atom is 0.255 e. The molecule has 1 aromatic rings. The van der Waals surface area contributed by atoms with Crippen molar-refractivity contribution in [3.8, 4) is 0 Å². The van der Waals surface area contributed by atoms with Gasteiger partial charge in [-0.25, -0.2) is 0 Å². The molecule has 5 heteroatoms. The fourth-order valence-corrected chi connectivity index (χ4v) is 2.11. The van der Waals surface area contributed by atoms with Gasteiger partial charge in [0, 0.05) is 25.5 Å². The van der Waals surface area contributed by atoms with E-state index < -0.39 is 0 Å². The minimum absolute atomic E-state index is 0.0613. The van der Waals surface area contributed by atoms with Crippen LogP contribution in [0, 0.1) is 0 Å². The van der Waals surface area contributed by atoms with E-state index in [1.165, 1.54) is 6.20 Å². The van der Waals surface area contributed by atoms with Crippen molar-refractivity contribution in [2.45, 2.75) is 19.4 Å². The van der Waals surface area contributed by atoms with Crippen molar-refractivity contribution < 1.29 is 9.53 Å². The summed E-state index contributed by atoms with van der Waals surface area (Å²) in [7, 11) is 0. The molecule has 2 heterocycles. The number of hydrogen-bond acceptors (Lipinski definition) is 3. The minimum Gasteiger partial charge on any atom is -0.372 e. The molecule has 0 aromatic carbocycles. The molecule has 0 bridgehead atoms. The Balaban J connectivity index is 2.18. The van der Waals surface area contributed by atoms with Gasteiger partial charge in [0.2, 0.25) is 0 Å². The van der Waals surface area contributed by atoms with Crippen molar-refractivity contribution in [1.29, 1.82) is 0 Å². The number of hydrogen-bond donors (Lipinski definition) is 0. The molecule has 0 spiro atoms. The van der Waals surface area contributed by atoms with Crippen LogP contribution in [0.3, 0.4) is 0 Å². The van der Waals surface area contributed by atoms with Gasteiger partial charge in [0.15, 0.2) is 0 Å². The first-order valence-electron chi connectivity index (χ1n) is 5.52. The molecule has 2 rings (SSSR count). The van der Waals surface area contributed by atoms with Crippen molar-refractivity contribution >= 4 is 17.5 Å². The van der Waals surface area contributed by atoms with E-state index in [4.69, 9.17) is 16.3 Å². The number of carbonyl (C=O) groups excluding carboxylic acids is 1. The Kier molecular flexibility index (Phi) is 3.35. The maximum atomic E-state index is 12.3. The SMILES string of the molecule is CC1(C)CN(C(=O)c2ccncc2Cl)CCO1. The average Bonchev–Trinajstić information content (AvgIpc) is 2.27. The summed E-state index contributed by atoms with van der Waals surface area (Å²) in [6, 6.07) is 1.65. The molecule has 1 amide bonds. The van der Waals surface area contributed by atoms with Gasteiger partial charge in [0.05, 0.1) is 22.8 Å². The molecule has 1 aliphatic rings. The molecule has 1 fully saturated rings. The maximum absolute atomic E-state index is 12.3. The monoisotopic (exact) mass is 254 g/mol. The molecule has 0 radical (unpaired) electrons. The molecule has 1 aliphatic heterocycles. The van der Waals surface area contributed by atoms with Crippen molar-refractivity contribution in [3.63, 3.8) is 0 Å². The van der Waals surface area contributed by atoms with Gasteiger partial charge in [-0.1, -0.05) is 11.6 Å². The number of rotatable bonds is 1. The molecule has 1 aromatic heterocycles. The quantitative estimate of drug-likeness (QED) is 0.770. The summed E-state index contributed by atoms with van der Waals surface area (Å²) in [5.74, 6) is -0.0613. The van der Waals surface area contributed by atoms with Gasteiger partial charge < -0.3 is 9.64 Å². The highest BCUT2D eigenvalue weighted by molar-refractivity contribution is 6.33. The van der Waals surface area contributed by atoms with Crippen LogP contribution in [-0.4, -0.2) is 41.1 Å². The third kappa shape index (κ3) is 2.76. The highest BCUT2D eigenvalue weighted by Gasteiger charge is 2.30. The molecule has 92 valence electrons. The lowest BCUT2D eigenvalue weighted by molar-refractivity contribution is -0.0764. The Morgan fingerprint density at radius 2 is 2.35 bits per heavy atom. The number of aromatic nitrogens is 1. The van der Waals surface area contributed by atoms with Gasteiger partial charge >= 0.3 is 0 Å². The average molecular weight is 255 g/mol. The number of halogens is 1. The topological polar surface area (TPSA) is 42.4 Å². The van der Waals surface area contributed by atoms with Gasteiger partial charge in [0.25, 0.3) is 5.91 Å². The van der Waals surface area contributed by atoms with E-state index in [1.807, 2.05) is 13.8 Å². The molecule has 0 atom stereocenters. The van der Waals surface area contributed by atoms with E-state index in [0.29, 0.717) is 30.3 Å². The normalized spacial score (nSPS) is 19.1. The van der Waals surface area contributed by atoms with E-state index in [-0.39, 0.29) is 11.5 Å². The summed E-state index contributed by atoms with van der Waals surface area (Å²) in [6.45, 7) is 5.67. The summed E-state index contributed by atoms with van der Waals surface area (Å²) < 4.78 is 5.57. The Morgan fingerprint density at radius 3 is 3.00 bits per heavy atom. The second kappa shape index (κ2) is 4.63. The zero-order chi connectivity index (χ0) is 12.5. The van der Waals surface area contributed by atoms with Crippen LogP contribution in [-0.2, 0) is 4.74 Å². The first kappa shape index (κ1) is 12.3. The molecule has 0 aliphatic carbocycles. The molecule has 0 unspecified atom stereocenters. The van der Waals surface area contributed by atoms with Crippen molar-refractivity contribution in [2.75, 3.05) is 19.7 Å². The van der Waals surface area contributed by atoms with Gasteiger partial charge in [0.1, 0.15) is 0 Å². The van der Waals surface area contributed by atoms with E-state index in [9.17, 15) is 4.79 Å². The van der Waals surface area contributed by atoms with E-state index >= 15 is 0 Å². The third-order valence-electron chi connectivity index (χ3n) is 2.72. The zero-order valence-corrected chi connectivity index (χ0v) is 10.7. The second-order valence-electron chi connectivity index (χ2n) is 4.69. The predicted molar refractivity (Wildman–Crippen MR) is 65.2 cm³/mol. The summed E-state index contributed by atoms with van der Waals surface area (Å²) in [5, 5.41) is 0.391. The standard InChI is InChI=1S/C12H15ClN2O2/c1-12(2)8-15(5-6-17-12)11(16)9-3-4-14-7-10(9)13/h3-4,7H,5-6,8H2,1-2H3. The first-order valence-corrected chi connectivity index (χ1v) is 5.90.